The average Bonchev–Trinajstić information content (AvgIpc) is 2.18. The van der Waals surface area contributed by atoms with Crippen LogP contribution in [0.2, 0.25) is 0 Å². The molecule has 13 heavy (non-hydrogen) atoms. The van der Waals surface area contributed by atoms with Crippen molar-refractivity contribution in [3.63, 3.8) is 0 Å². The van der Waals surface area contributed by atoms with Crippen molar-refractivity contribution >= 4 is 0 Å². The molecule has 0 bridgehead atoms. The Morgan fingerprint density at radius 3 is 2.69 bits per heavy atom. The summed E-state index contributed by atoms with van der Waals surface area (Å²) < 4.78 is 11.0. The molecule has 1 unspecified atom stereocenters. The van der Waals surface area contributed by atoms with Crippen LogP contribution in [0.5, 0.6) is 0 Å². The Hall–Kier alpha value is -0.380. The quantitative estimate of drug-likeness (QED) is 0.667. The van der Waals surface area contributed by atoms with E-state index in [2.05, 4.69) is 6.58 Å². The van der Waals surface area contributed by atoms with Crippen LogP contribution >= 0.6 is 0 Å². The SMILES string of the molecule is C=CC(N)C1(OCC)CCOCC1. The molecule has 76 valence electrons. The molecule has 0 amide bonds. The Bertz CT molecular complexity index is 159. The first kappa shape index (κ1) is 10.7. The standard InChI is InChI=1S/C10H19NO2/c1-3-9(11)10(13-4-2)5-7-12-8-6-10/h3,9H,1,4-8,11H2,2H3. The first-order valence-corrected chi connectivity index (χ1v) is 4.85. The maximum absolute atomic E-state index is 5.97. The van der Waals surface area contributed by atoms with E-state index >= 15 is 0 Å². The van der Waals surface area contributed by atoms with E-state index in [-0.39, 0.29) is 11.6 Å². The van der Waals surface area contributed by atoms with Crippen LogP contribution in [0.3, 0.4) is 0 Å². The van der Waals surface area contributed by atoms with E-state index in [1.165, 1.54) is 0 Å². The van der Waals surface area contributed by atoms with E-state index in [0.717, 1.165) is 26.1 Å². The minimum atomic E-state index is -0.227. The molecule has 0 spiro atoms. The summed E-state index contributed by atoms with van der Waals surface area (Å²) in [6.07, 6.45) is 3.50. The zero-order chi connectivity index (χ0) is 9.73. The van der Waals surface area contributed by atoms with Gasteiger partial charge in [0, 0.05) is 32.7 Å². The third-order valence-corrected chi connectivity index (χ3v) is 2.63. The van der Waals surface area contributed by atoms with Crippen LogP contribution in [-0.2, 0) is 9.47 Å². The van der Waals surface area contributed by atoms with Crippen molar-refractivity contribution in [2.24, 2.45) is 5.73 Å². The van der Waals surface area contributed by atoms with Gasteiger partial charge >= 0.3 is 0 Å². The second kappa shape index (κ2) is 4.74. The molecular formula is C10H19NO2. The average molecular weight is 185 g/mol. The van der Waals surface area contributed by atoms with Gasteiger partial charge in [-0.3, -0.25) is 0 Å². The Morgan fingerprint density at radius 1 is 1.62 bits per heavy atom. The summed E-state index contributed by atoms with van der Waals surface area (Å²) >= 11 is 0. The fraction of sp³-hybridized carbons (Fsp3) is 0.800. The maximum Gasteiger partial charge on any atom is 0.0911 e. The summed E-state index contributed by atoms with van der Waals surface area (Å²) in [4.78, 5) is 0. The number of hydrogen-bond acceptors (Lipinski definition) is 3. The predicted octanol–water partition coefficient (Wildman–Crippen LogP) is 1.09. The van der Waals surface area contributed by atoms with E-state index in [1.807, 2.05) is 6.92 Å². The molecule has 1 aliphatic rings. The first-order chi connectivity index (χ1) is 6.25. The zero-order valence-corrected chi connectivity index (χ0v) is 8.29. The molecule has 1 rings (SSSR count). The molecule has 3 heteroatoms. The van der Waals surface area contributed by atoms with Crippen molar-refractivity contribution in [3.8, 4) is 0 Å². The number of rotatable bonds is 4. The lowest BCUT2D eigenvalue weighted by molar-refractivity contribution is -0.113. The van der Waals surface area contributed by atoms with Crippen molar-refractivity contribution in [1.82, 2.24) is 0 Å². The van der Waals surface area contributed by atoms with E-state index in [4.69, 9.17) is 15.2 Å². The molecule has 1 heterocycles. The molecule has 1 saturated heterocycles. The first-order valence-electron chi connectivity index (χ1n) is 4.85. The van der Waals surface area contributed by atoms with Crippen molar-refractivity contribution < 1.29 is 9.47 Å². The van der Waals surface area contributed by atoms with Crippen LogP contribution < -0.4 is 5.73 Å². The van der Waals surface area contributed by atoms with Crippen LogP contribution in [0.4, 0.5) is 0 Å². The molecule has 0 aromatic carbocycles. The van der Waals surface area contributed by atoms with Gasteiger partial charge in [0.05, 0.1) is 11.6 Å². The lowest BCUT2D eigenvalue weighted by Gasteiger charge is -2.40. The van der Waals surface area contributed by atoms with Gasteiger partial charge in [-0.2, -0.15) is 0 Å². The van der Waals surface area contributed by atoms with Crippen molar-refractivity contribution in [1.29, 1.82) is 0 Å². The monoisotopic (exact) mass is 185 g/mol. The summed E-state index contributed by atoms with van der Waals surface area (Å²) in [6.45, 7) is 7.88. The number of ether oxygens (including phenoxy) is 2. The van der Waals surface area contributed by atoms with E-state index in [1.54, 1.807) is 6.08 Å². The van der Waals surface area contributed by atoms with Gasteiger partial charge in [-0.25, -0.2) is 0 Å². The van der Waals surface area contributed by atoms with E-state index in [0.29, 0.717) is 6.61 Å². The molecule has 1 aliphatic heterocycles. The fourth-order valence-corrected chi connectivity index (χ4v) is 1.79. The minimum Gasteiger partial charge on any atom is -0.381 e. The van der Waals surface area contributed by atoms with Gasteiger partial charge < -0.3 is 15.2 Å². The summed E-state index contributed by atoms with van der Waals surface area (Å²) in [5, 5.41) is 0. The maximum atomic E-state index is 5.97. The molecule has 1 atom stereocenters. The molecule has 0 aromatic rings. The lowest BCUT2D eigenvalue weighted by atomic mass is 9.86. The smallest absolute Gasteiger partial charge is 0.0911 e. The lowest BCUT2D eigenvalue weighted by Crippen LogP contribution is -2.52. The molecule has 2 N–H and O–H groups in total. The van der Waals surface area contributed by atoms with Gasteiger partial charge in [0.15, 0.2) is 0 Å². The van der Waals surface area contributed by atoms with Gasteiger partial charge in [-0.1, -0.05) is 6.08 Å². The fourth-order valence-electron chi connectivity index (χ4n) is 1.79. The minimum absolute atomic E-state index is 0.0867. The predicted molar refractivity (Wildman–Crippen MR) is 52.6 cm³/mol. The Balaban J connectivity index is 2.65. The van der Waals surface area contributed by atoms with Gasteiger partial charge in [0.25, 0.3) is 0 Å². The molecule has 0 aromatic heterocycles. The summed E-state index contributed by atoms with van der Waals surface area (Å²) in [5.41, 5.74) is 5.74. The van der Waals surface area contributed by atoms with Crippen LogP contribution in [0.15, 0.2) is 12.7 Å². The molecule has 0 radical (unpaired) electrons. The van der Waals surface area contributed by atoms with Crippen LogP contribution in [0.1, 0.15) is 19.8 Å². The molecule has 1 fully saturated rings. The third-order valence-electron chi connectivity index (χ3n) is 2.63. The largest absolute Gasteiger partial charge is 0.381 e. The van der Waals surface area contributed by atoms with Crippen molar-refractivity contribution in [3.05, 3.63) is 12.7 Å². The highest BCUT2D eigenvalue weighted by molar-refractivity contribution is 5.02. The topological polar surface area (TPSA) is 44.5 Å². The zero-order valence-electron chi connectivity index (χ0n) is 8.29. The van der Waals surface area contributed by atoms with Crippen molar-refractivity contribution in [2.45, 2.75) is 31.4 Å². The highest BCUT2D eigenvalue weighted by atomic mass is 16.5. The summed E-state index contributed by atoms with van der Waals surface area (Å²) in [5.74, 6) is 0. The molecule has 0 saturated carbocycles. The van der Waals surface area contributed by atoms with Crippen LogP contribution in [0, 0.1) is 0 Å². The summed E-state index contributed by atoms with van der Waals surface area (Å²) in [7, 11) is 0. The molecular weight excluding hydrogens is 166 g/mol. The summed E-state index contributed by atoms with van der Waals surface area (Å²) in [6, 6.07) is -0.0867. The molecule has 0 aliphatic carbocycles. The van der Waals surface area contributed by atoms with Crippen LogP contribution in [0.25, 0.3) is 0 Å². The normalized spacial score (nSPS) is 23.8. The Labute approximate surface area is 79.9 Å². The highest BCUT2D eigenvalue weighted by Crippen LogP contribution is 2.28. The second-order valence-corrected chi connectivity index (χ2v) is 3.37. The third kappa shape index (κ3) is 2.30. The van der Waals surface area contributed by atoms with Gasteiger partial charge in [-0.05, 0) is 6.92 Å². The van der Waals surface area contributed by atoms with E-state index < -0.39 is 0 Å². The van der Waals surface area contributed by atoms with Crippen LogP contribution in [-0.4, -0.2) is 31.5 Å². The van der Waals surface area contributed by atoms with E-state index in [9.17, 15) is 0 Å². The number of nitrogens with two attached hydrogens (primary N) is 1. The molecule has 3 nitrogen and oxygen atoms in total. The van der Waals surface area contributed by atoms with Gasteiger partial charge in [-0.15, -0.1) is 6.58 Å². The Kier molecular flexibility index (Phi) is 3.90. The van der Waals surface area contributed by atoms with Gasteiger partial charge in [0.1, 0.15) is 0 Å². The Morgan fingerprint density at radius 2 is 2.23 bits per heavy atom. The van der Waals surface area contributed by atoms with Crippen molar-refractivity contribution in [2.75, 3.05) is 19.8 Å². The second-order valence-electron chi connectivity index (χ2n) is 3.37. The number of hydrogen-bond donors (Lipinski definition) is 1. The van der Waals surface area contributed by atoms with Gasteiger partial charge in [0.2, 0.25) is 0 Å². The highest BCUT2D eigenvalue weighted by Gasteiger charge is 2.37.